The number of nitrogens with one attached hydrogen (secondary N) is 3. The Balaban J connectivity index is 1.57. The molecule has 11 heteroatoms. The first-order valence-electron chi connectivity index (χ1n) is 11.6. The molecule has 0 atom stereocenters. The van der Waals surface area contributed by atoms with Gasteiger partial charge >= 0.3 is 0 Å². The van der Waals surface area contributed by atoms with Crippen LogP contribution in [0.15, 0.2) is 42.6 Å². The Morgan fingerprint density at radius 1 is 1.17 bits per heavy atom. The summed E-state index contributed by atoms with van der Waals surface area (Å²) >= 11 is 6.36. The highest BCUT2D eigenvalue weighted by atomic mass is 35.5. The normalized spacial score (nSPS) is 12.7. The fraction of sp³-hybridized carbons (Fsp3) is 0.320. The van der Waals surface area contributed by atoms with E-state index in [2.05, 4.69) is 26.1 Å². The van der Waals surface area contributed by atoms with E-state index >= 15 is 0 Å². The molecule has 0 bridgehead atoms. The number of carbonyl (C=O) groups is 1. The second kappa shape index (κ2) is 10.9. The van der Waals surface area contributed by atoms with Gasteiger partial charge in [-0.2, -0.15) is 4.98 Å². The van der Waals surface area contributed by atoms with E-state index < -0.39 is 7.14 Å². The summed E-state index contributed by atoms with van der Waals surface area (Å²) in [6.45, 7) is 8.31. The number of para-hydroxylation sites is 1. The molecule has 4 rings (SSSR count). The lowest BCUT2D eigenvalue weighted by molar-refractivity contribution is 0.0208. The van der Waals surface area contributed by atoms with E-state index in [9.17, 15) is 9.36 Å². The predicted molar refractivity (Wildman–Crippen MR) is 143 cm³/mol. The number of amides is 1. The number of anilines is 4. The number of fused-ring (bicyclic) bond motifs is 1. The number of hydrogen-bond acceptors (Lipinski definition) is 8. The molecule has 0 fully saturated rings. The zero-order chi connectivity index (χ0) is 25.9. The van der Waals surface area contributed by atoms with Crippen molar-refractivity contribution >= 4 is 53.1 Å². The number of hydrogen-bond donors (Lipinski definition) is 3. The summed E-state index contributed by atoms with van der Waals surface area (Å²) in [5, 5.41) is 7.36. The van der Waals surface area contributed by atoms with Crippen LogP contribution in [0.25, 0.3) is 0 Å². The van der Waals surface area contributed by atoms with Crippen LogP contribution in [0, 0.1) is 5.92 Å². The number of aromatic nitrogens is 2. The van der Waals surface area contributed by atoms with Crippen LogP contribution < -0.4 is 26.2 Å². The number of nitrogens with zero attached hydrogens (tertiary/aromatic N) is 2. The first kappa shape index (κ1) is 25.9. The monoisotopic (exact) mass is 529 g/mol. The molecule has 0 radical (unpaired) electrons. The van der Waals surface area contributed by atoms with Gasteiger partial charge in [-0.05, 0) is 43.5 Å². The van der Waals surface area contributed by atoms with Crippen LogP contribution >= 0.6 is 18.7 Å². The van der Waals surface area contributed by atoms with Crippen LogP contribution in [-0.4, -0.2) is 42.4 Å². The van der Waals surface area contributed by atoms with E-state index in [0.29, 0.717) is 64.4 Å². The second-order valence-corrected chi connectivity index (χ2v) is 12.8. The zero-order valence-electron chi connectivity index (χ0n) is 20.6. The van der Waals surface area contributed by atoms with Crippen LogP contribution in [0.3, 0.4) is 0 Å². The standard InChI is InChI=1S/C25H29ClN5O4P/c1-15(2)14-35-31-24(32)17-9-10-20(22-16(17)11-12-34-22)29-25-27-13-18(26)23(30-25)28-19-7-5-6-8-21(19)36(3,4)33/h5-10,13,15H,11-12,14H2,1-4H3,(H,31,32)(H2,27,28,29,30). The van der Waals surface area contributed by atoms with Crippen molar-refractivity contribution in [2.24, 2.45) is 5.92 Å². The molecule has 0 saturated carbocycles. The number of benzene rings is 2. The quantitative estimate of drug-likeness (QED) is 0.258. The van der Waals surface area contributed by atoms with Crippen LogP contribution in [-0.2, 0) is 15.8 Å². The molecule has 1 aliphatic heterocycles. The average molecular weight is 530 g/mol. The van der Waals surface area contributed by atoms with Crippen molar-refractivity contribution in [3.8, 4) is 5.75 Å². The molecule has 190 valence electrons. The highest BCUT2D eigenvalue weighted by molar-refractivity contribution is 7.70. The van der Waals surface area contributed by atoms with Gasteiger partial charge in [-0.15, -0.1) is 0 Å². The second-order valence-electron chi connectivity index (χ2n) is 9.21. The van der Waals surface area contributed by atoms with Gasteiger partial charge in [0, 0.05) is 22.9 Å². The van der Waals surface area contributed by atoms with E-state index in [1.807, 2.05) is 38.1 Å². The molecule has 1 aliphatic rings. The molecule has 0 spiro atoms. The third-order valence-electron chi connectivity index (χ3n) is 5.41. The molecule has 36 heavy (non-hydrogen) atoms. The highest BCUT2D eigenvalue weighted by Crippen LogP contribution is 2.40. The summed E-state index contributed by atoms with van der Waals surface area (Å²) in [5.41, 5.74) is 5.07. The molecule has 1 amide bonds. The Hall–Kier alpha value is -3.13. The van der Waals surface area contributed by atoms with Gasteiger partial charge in [0.15, 0.2) is 5.82 Å². The Morgan fingerprint density at radius 2 is 1.94 bits per heavy atom. The van der Waals surface area contributed by atoms with Crippen molar-refractivity contribution in [2.45, 2.75) is 20.3 Å². The van der Waals surface area contributed by atoms with E-state index in [0.717, 1.165) is 5.56 Å². The largest absolute Gasteiger partial charge is 0.491 e. The Labute approximate surface area is 215 Å². The number of halogens is 1. The lowest BCUT2D eigenvalue weighted by Gasteiger charge is -2.16. The fourth-order valence-corrected chi connectivity index (χ4v) is 5.04. The molecule has 9 nitrogen and oxygen atoms in total. The summed E-state index contributed by atoms with van der Waals surface area (Å²) in [7, 11) is -2.53. The van der Waals surface area contributed by atoms with Gasteiger partial charge in [0.25, 0.3) is 5.91 Å². The van der Waals surface area contributed by atoms with E-state index in [-0.39, 0.29) is 11.9 Å². The molecule has 3 aromatic rings. The van der Waals surface area contributed by atoms with Crippen molar-refractivity contribution in [3.05, 3.63) is 58.7 Å². The number of rotatable bonds is 9. The average Bonchev–Trinajstić information content (AvgIpc) is 3.31. The summed E-state index contributed by atoms with van der Waals surface area (Å²) < 4.78 is 18.6. The first-order valence-corrected chi connectivity index (χ1v) is 14.5. The Bertz CT molecular complexity index is 1330. The smallest absolute Gasteiger partial charge is 0.275 e. The zero-order valence-corrected chi connectivity index (χ0v) is 22.2. The predicted octanol–water partition coefficient (Wildman–Crippen LogP) is 5.12. The minimum atomic E-state index is -2.53. The molecule has 2 aromatic carbocycles. The fourth-order valence-electron chi connectivity index (χ4n) is 3.75. The topological polar surface area (TPSA) is 114 Å². The van der Waals surface area contributed by atoms with Gasteiger partial charge in [-0.25, -0.2) is 10.5 Å². The summed E-state index contributed by atoms with van der Waals surface area (Å²) in [5.74, 6) is 1.20. The van der Waals surface area contributed by atoms with Crippen LogP contribution in [0.5, 0.6) is 5.75 Å². The highest BCUT2D eigenvalue weighted by Gasteiger charge is 2.25. The van der Waals surface area contributed by atoms with Crippen molar-refractivity contribution in [3.63, 3.8) is 0 Å². The van der Waals surface area contributed by atoms with Crippen LogP contribution in [0.2, 0.25) is 5.02 Å². The maximum absolute atomic E-state index is 12.7. The van der Waals surface area contributed by atoms with E-state index in [4.69, 9.17) is 21.2 Å². The minimum absolute atomic E-state index is 0.283. The number of hydroxylamine groups is 1. The van der Waals surface area contributed by atoms with Gasteiger partial charge in [0.05, 0.1) is 30.8 Å². The first-order chi connectivity index (χ1) is 17.1. The van der Waals surface area contributed by atoms with Gasteiger partial charge < -0.3 is 19.9 Å². The molecule has 0 saturated heterocycles. The number of ether oxygens (including phenoxy) is 1. The van der Waals surface area contributed by atoms with Crippen molar-refractivity contribution in [2.75, 3.05) is 37.2 Å². The Morgan fingerprint density at radius 3 is 2.69 bits per heavy atom. The maximum atomic E-state index is 12.7. The SMILES string of the molecule is CC(C)CONC(=O)c1ccc(Nc2ncc(Cl)c(Nc3ccccc3P(C)(C)=O)n2)c2c1CCO2. The van der Waals surface area contributed by atoms with E-state index in [1.54, 1.807) is 25.5 Å². The van der Waals surface area contributed by atoms with Crippen molar-refractivity contribution in [1.29, 1.82) is 0 Å². The number of carbonyl (C=O) groups excluding carboxylic acids is 1. The third-order valence-corrected chi connectivity index (χ3v) is 7.24. The third kappa shape index (κ3) is 5.98. The van der Waals surface area contributed by atoms with Crippen molar-refractivity contribution in [1.82, 2.24) is 15.4 Å². The lowest BCUT2D eigenvalue weighted by Crippen LogP contribution is -2.26. The molecule has 0 aliphatic carbocycles. The molecule has 1 aromatic heterocycles. The molecule has 3 N–H and O–H groups in total. The van der Waals surface area contributed by atoms with Gasteiger partial charge in [0.2, 0.25) is 5.95 Å². The van der Waals surface area contributed by atoms with Crippen LogP contribution in [0.1, 0.15) is 29.8 Å². The molecular formula is C25H29ClN5O4P. The van der Waals surface area contributed by atoms with Gasteiger partial charge in [0.1, 0.15) is 17.9 Å². The Kier molecular flexibility index (Phi) is 7.83. The summed E-state index contributed by atoms with van der Waals surface area (Å²) in [4.78, 5) is 26.7. The van der Waals surface area contributed by atoms with Crippen molar-refractivity contribution < 1.29 is 18.9 Å². The van der Waals surface area contributed by atoms with E-state index in [1.165, 1.54) is 6.20 Å². The molecular weight excluding hydrogens is 501 g/mol. The summed E-state index contributed by atoms with van der Waals surface area (Å²) in [6, 6.07) is 10.8. The maximum Gasteiger partial charge on any atom is 0.275 e. The minimum Gasteiger partial charge on any atom is -0.491 e. The van der Waals surface area contributed by atoms with Gasteiger partial charge in [-0.3, -0.25) is 9.63 Å². The van der Waals surface area contributed by atoms with Crippen LogP contribution in [0.4, 0.5) is 23.1 Å². The molecule has 2 heterocycles. The molecule has 0 unspecified atom stereocenters. The lowest BCUT2D eigenvalue weighted by atomic mass is 10.0. The van der Waals surface area contributed by atoms with Gasteiger partial charge in [-0.1, -0.05) is 37.6 Å². The summed E-state index contributed by atoms with van der Waals surface area (Å²) in [6.07, 6.45) is 2.07.